The van der Waals surface area contributed by atoms with Crippen LogP contribution in [0.3, 0.4) is 0 Å². The molecular formula is C21H33N3O5S. The van der Waals surface area contributed by atoms with Gasteiger partial charge in [0.15, 0.2) is 0 Å². The number of aliphatic carboxylic acids is 1. The van der Waals surface area contributed by atoms with Crippen molar-refractivity contribution in [1.82, 2.24) is 15.5 Å². The van der Waals surface area contributed by atoms with E-state index in [0.29, 0.717) is 43.5 Å². The second-order valence-electron chi connectivity index (χ2n) is 7.66. The quantitative estimate of drug-likeness (QED) is 0.378. The highest BCUT2D eigenvalue weighted by molar-refractivity contribution is 7.98. The molecule has 0 fully saturated rings. The Labute approximate surface area is 182 Å². The number of thioether (sulfide) groups is 1. The van der Waals surface area contributed by atoms with Gasteiger partial charge in [-0.1, -0.05) is 26.0 Å². The van der Waals surface area contributed by atoms with E-state index in [1.165, 1.54) is 11.8 Å². The summed E-state index contributed by atoms with van der Waals surface area (Å²) >= 11 is 1.55. The van der Waals surface area contributed by atoms with Crippen LogP contribution in [0.25, 0.3) is 0 Å². The third-order valence-electron chi connectivity index (χ3n) is 4.80. The molecule has 0 heterocycles. The Morgan fingerprint density at radius 3 is 2.47 bits per heavy atom. The Balaban J connectivity index is 3.15. The number of amides is 3. The molecule has 0 spiro atoms. The van der Waals surface area contributed by atoms with Crippen molar-refractivity contribution in [2.24, 2.45) is 5.92 Å². The largest absolute Gasteiger partial charge is 0.480 e. The summed E-state index contributed by atoms with van der Waals surface area (Å²) in [6, 6.07) is -2.71. The van der Waals surface area contributed by atoms with Crippen molar-refractivity contribution < 1.29 is 24.3 Å². The fourth-order valence-electron chi connectivity index (χ4n) is 3.22. The molecule has 3 N–H and O–H groups in total. The van der Waals surface area contributed by atoms with E-state index in [0.717, 1.165) is 0 Å². The average Bonchev–Trinajstić information content (AvgIpc) is 2.70. The zero-order valence-electron chi connectivity index (χ0n) is 18.1. The van der Waals surface area contributed by atoms with Crippen molar-refractivity contribution in [3.05, 3.63) is 23.9 Å². The summed E-state index contributed by atoms with van der Waals surface area (Å²) in [5.41, 5.74) is 0.616. The molecule has 0 radical (unpaired) electrons. The first-order valence-electron chi connectivity index (χ1n) is 10.1. The summed E-state index contributed by atoms with van der Waals surface area (Å²) in [6.45, 7) is 5.31. The number of carbonyl (C=O) groups is 4. The van der Waals surface area contributed by atoms with Crippen LogP contribution in [0, 0.1) is 5.92 Å². The molecule has 0 aromatic heterocycles. The summed E-state index contributed by atoms with van der Waals surface area (Å²) in [4.78, 5) is 50.1. The average molecular weight is 440 g/mol. The molecule has 30 heavy (non-hydrogen) atoms. The van der Waals surface area contributed by atoms with Gasteiger partial charge >= 0.3 is 5.97 Å². The summed E-state index contributed by atoms with van der Waals surface area (Å²) in [5, 5.41) is 14.8. The smallest absolute Gasteiger partial charge is 0.326 e. The Morgan fingerprint density at radius 1 is 1.27 bits per heavy atom. The van der Waals surface area contributed by atoms with Crippen molar-refractivity contribution in [2.75, 3.05) is 12.0 Å². The van der Waals surface area contributed by atoms with Crippen LogP contribution in [-0.4, -0.2) is 64.3 Å². The minimum atomic E-state index is -1.12. The van der Waals surface area contributed by atoms with Gasteiger partial charge in [-0.05, 0) is 56.6 Å². The molecule has 3 atom stereocenters. The van der Waals surface area contributed by atoms with Gasteiger partial charge < -0.3 is 20.6 Å². The van der Waals surface area contributed by atoms with Crippen LogP contribution in [-0.2, 0) is 19.2 Å². The van der Waals surface area contributed by atoms with E-state index in [9.17, 15) is 24.3 Å². The van der Waals surface area contributed by atoms with Crippen LogP contribution in [0.1, 0.15) is 46.5 Å². The van der Waals surface area contributed by atoms with Crippen LogP contribution < -0.4 is 10.6 Å². The lowest BCUT2D eigenvalue weighted by atomic mass is 9.99. The number of rotatable bonds is 13. The molecule has 0 aromatic rings. The molecule has 168 valence electrons. The zero-order chi connectivity index (χ0) is 22.7. The zero-order valence-corrected chi connectivity index (χ0v) is 18.9. The Kier molecular flexibility index (Phi) is 11.2. The van der Waals surface area contributed by atoms with E-state index >= 15 is 0 Å². The highest BCUT2D eigenvalue weighted by Gasteiger charge is 2.35. The molecule has 8 nitrogen and oxygen atoms in total. The molecule has 0 aromatic carbocycles. The normalized spacial score (nSPS) is 16.2. The number of carboxylic acids is 1. The van der Waals surface area contributed by atoms with Crippen LogP contribution in [0.5, 0.6) is 0 Å². The molecule has 1 aliphatic rings. The minimum Gasteiger partial charge on any atom is -0.480 e. The van der Waals surface area contributed by atoms with Crippen LogP contribution in [0.4, 0.5) is 0 Å². The number of hydrogen-bond donors (Lipinski definition) is 3. The SMILES string of the molecule is CSCC[C@H](NC=O)C(=O)N[C@@H](CC(C)C)C(=O)N(C1=CC=CCC1)[C@@H](C)C(=O)O. The first-order valence-corrected chi connectivity index (χ1v) is 11.5. The van der Waals surface area contributed by atoms with Gasteiger partial charge in [0.25, 0.3) is 0 Å². The number of hydrogen-bond acceptors (Lipinski definition) is 5. The summed E-state index contributed by atoms with van der Waals surface area (Å²) in [7, 11) is 0. The van der Waals surface area contributed by atoms with Gasteiger partial charge in [-0.25, -0.2) is 4.79 Å². The molecule has 0 bridgehead atoms. The molecular weight excluding hydrogens is 406 g/mol. The third-order valence-corrected chi connectivity index (χ3v) is 5.45. The molecule has 9 heteroatoms. The summed E-state index contributed by atoms with van der Waals surface area (Å²) in [6.07, 6.45) is 9.91. The molecule has 0 aliphatic heterocycles. The minimum absolute atomic E-state index is 0.0881. The van der Waals surface area contributed by atoms with Crippen LogP contribution in [0.2, 0.25) is 0 Å². The lowest BCUT2D eigenvalue weighted by Gasteiger charge is -2.34. The van der Waals surface area contributed by atoms with E-state index in [-0.39, 0.29) is 5.92 Å². The Morgan fingerprint density at radius 2 is 1.97 bits per heavy atom. The number of nitrogens with one attached hydrogen (secondary N) is 2. The monoisotopic (exact) mass is 439 g/mol. The van der Waals surface area contributed by atoms with Gasteiger partial charge in [-0.3, -0.25) is 14.4 Å². The summed E-state index contributed by atoms with van der Waals surface area (Å²) < 4.78 is 0. The van der Waals surface area contributed by atoms with Crippen molar-refractivity contribution in [3.8, 4) is 0 Å². The maximum atomic E-state index is 13.4. The highest BCUT2D eigenvalue weighted by atomic mass is 32.2. The van der Waals surface area contributed by atoms with Gasteiger partial charge in [-0.15, -0.1) is 0 Å². The third kappa shape index (κ3) is 7.85. The fourth-order valence-corrected chi connectivity index (χ4v) is 3.69. The first-order chi connectivity index (χ1) is 14.2. The fraction of sp³-hybridized carbons (Fsp3) is 0.619. The number of allylic oxidation sites excluding steroid dienone is 4. The van der Waals surface area contributed by atoms with E-state index in [1.54, 1.807) is 23.9 Å². The second-order valence-corrected chi connectivity index (χ2v) is 8.64. The van der Waals surface area contributed by atoms with Crippen molar-refractivity contribution in [2.45, 2.75) is 64.6 Å². The summed E-state index contributed by atoms with van der Waals surface area (Å²) in [5.74, 6) is -1.26. The van der Waals surface area contributed by atoms with E-state index in [1.807, 2.05) is 26.2 Å². The Bertz CT molecular complexity index is 678. The maximum absolute atomic E-state index is 13.4. The second kappa shape index (κ2) is 13.1. The topological polar surface area (TPSA) is 116 Å². The predicted octanol–water partition coefficient (Wildman–Crippen LogP) is 1.92. The maximum Gasteiger partial charge on any atom is 0.326 e. The Hall–Kier alpha value is -2.29. The van der Waals surface area contributed by atoms with Gasteiger partial charge in [0.1, 0.15) is 18.1 Å². The molecule has 0 saturated carbocycles. The molecule has 0 unspecified atom stereocenters. The number of nitrogens with zero attached hydrogens (tertiary/aromatic N) is 1. The van der Waals surface area contributed by atoms with E-state index in [2.05, 4.69) is 10.6 Å². The standard InChI is InChI=1S/C21H33N3O5S/c1-14(2)12-18(23-19(26)17(22-13-25)10-11-30-4)20(27)24(15(3)21(28)29)16-8-6-5-7-9-16/h5-6,8,13-15,17-18H,7,9-12H2,1-4H3,(H,22,25)(H,23,26)(H,28,29)/t15-,17-,18-/m0/s1. The molecule has 1 aliphatic carbocycles. The molecule has 0 saturated heterocycles. The van der Waals surface area contributed by atoms with Gasteiger partial charge in [0.2, 0.25) is 18.2 Å². The van der Waals surface area contributed by atoms with Crippen molar-refractivity contribution in [1.29, 1.82) is 0 Å². The molecule has 3 amide bonds. The van der Waals surface area contributed by atoms with E-state index < -0.39 is 35.9 Å². The number of carboxylic acid groups (broad SMARTS) is 1. The van der Waals surface area contributed by atoms with Crippen molar-refractivity contribution in [3.63, 3.8) is 0 Å². The van der Waals surface area contributed by atoms with Gasteiger partial charge in [0.05, 0.1) is 0 Å². The van der Waals surface area contributed by atoms with Gasteiger partial charge in [-0.2, -0.15) is 11.8 Å². The van der Waals surface area contributed by atoms with Crippen LogP contribution in [0.15, 0.2) is 23.9 Å². The first kappa shape index (κ1) is 25.7. The van der Waals surface area contributed by atoms with Crippen LogP contribution >= 0.6 is 11.8 Å². The number of carbonyl (C=O) groups excluding carboxylic acids is 3. The van der Waals surface area contributed by atoms with E-state index in [4.69, 9.17) is 0 Å². The lowest BCUT2D eigenvalue weighted by Crippen LogP contribution is -2.56. The highest BCUT2D eigenvalue weighted by Crippen LogP contribution is 2.22. The molecule has 1 rings (SSSR count). The predicted molar refractivity (Wildman–Crippen MR) is 118 cm³/mol. The van der Waals surface area contributed by atoms with Gasteiger partial charge in [0, 0.05) is 5.70 Å². The lowest BCUT2D eigenvalue weighted by molar-refractivity contribution is -0.149. The van der Waals surface area contributed by atoms with Crippen molar-refractivity contribution >= 4 is 36.0 Å².